The maximum absolute atomic E-state index is 12.2. The molecule has 0 aliphatic rings. The fourth-order valence-electron chi connectivity index (χ4n) is 3.68. The van der Waals surface area contributed by atoms with E-state index in [0.29, 0.717) is 22.8 Å². The van der Waals surface area contributed by atoms with Gasteiger partial charge in [0.15, 0.2) is 0 Å². The molecule has 0 bridgehead atoms. The van der Waals surface area contributed by atoms with Crippen molar-refractivity contribution < 1.29 is 9.59 Å². The maximum atomic E-state index is 12.2. The Morgan fingerprint density at radius 3 is 2.30 bits per heavy atom. The molecular formula is C24H25N7O2. The van der Waals surface area contributed by atoms with Gasteiger partial charge < -0.3 is 20.5 Å². The van der Waals surface area contributed by atoms with E-state index in [1.165, 1.54) is 20.2 Å². The van der Waals surface area contributed by atoms with Crippen LogP contribution in [0.5, 0.6) is 0 Å². The van der Waals surface area contributed by atoms with E-state index in [2.05, 4.69) is 50.5 Å². The topological polar surface area (TPSA) is 114 Å². The zero-order valence-corrected chi connectivity index (χ0v) is 18.9. The Morgan fingerprint density at radius 1 is 0.970 bits per heavy atom. The Morgan fingerprint density at radius 2 is 1.67 bits per heavy atom. The largest absolute Gasteiger partial charge is 0.355 e. The predicted molar refractivity (Wildman–Crippen MR) is 128 cm³/mol. The van der Waals surface area contributed by atoms with Gasteiger partial charge in [-0.25, -0.2) is 9.97 Å². The van der Waals surface area contributed by atoms with Crippen molar-refractivity contribution in [1.29, 1.82) is 0 Å². The number of carbonyl (C=O) groups is 2. The van der Waals surface area contributed by atoms with Crippen molar-refractivity contribution in [1.82, 2.24) is 30.2 Å². The highest BCUT2D eigenvalue weighted by Gasteiger charge is 2.15. The first-order valence-electron chi connectivity index (χ1n) is 10.6. The van der Waals surface area contributed by atoms with Crippen LogP contribution in [0.3, 0.4) is 0 Å². The lowest BCUT2D eigenvalue weighted by molar-refractivity contribution is 0.0962. The minimum Gasteiger partial charge on any atom is -0.355 e. The number of anilines is 2. The van der Waals surface area contributed by atoms with Crippen LogP contribution in [0, 0.1) is 0 Å². The molecule has 0 fully saturated rings. The minimum absolute atomic E-state index is 0.264. The van der Waals surface area contributed by atoms with Crippen LogP contribution in [0.1, 0.15) is 40.6 Å². The molecule has 0 aliphatic carbocycles. The third-order valence-corrected chi connectivity index (χ3v) is 5.29. The number of nitrogens with zero attached hydrogens (tertiary/aromatic N) is 4. The van der Waals surface area contributed by atoms with E-state index in [-0.39, 0.29) is 17.9 Å². The van der Waals surface area contributed by atoms with E-state index >= 15 is 0 Å². The van der Waals surface area contributed by atoms with E-state index in [4.69, 9.17) is 4.98 Å². The molecule has 0 radical (unpaired) electrons. The van der Waals surface area contributed by atoms with E-state index in [1.807, 2.05) is 18.3 Å². The monoisotopic (exact) mass is 443 g/mol. The zero-order valence-electron chi connectivity index (χ0n) is 18.9. The number of benzene rings is 1. The molecular weight excluding hydrogens is 418 g/mol. The van der Waals surface area contributed by atoms with Crippen LogP contribution < -0.4 is 16.0 Å². The summed E-state index contributed by atoms with van der Waals surface area (Å²) < 4.78 is 2.16. The zero-order chi connectivity index (χ0) is 23.5. The summed E-state index contributed by atoms with van der Waals surface area (Å²) in [7, 11) is 3.08. The maximum Gasteiger partial charge on any atom is 0.251 e. The molecule has 3 aromatic heterocycles. The lowest BCUT2D eigenvalue weighted by Crippen LogP contribution is -2.21. The number of amides is 2. The molecule has 168 valence electrons. The van der Waals surface area contributed by atoms with E-state index < -0.39 is 0 Å². The average Bonchev–Trinajstić information content (AvgIpc) is 3.23. The number of hydrogen-bond acceptors (Lipinski definition) is 6. The minimum atomic E-state index is -0.298. The summed E-state index contributed by atoms with van der Waals surface area (Å²) in [5.41, 5.74) is 3.98. The SMILES string of the molecule is CNC(=O)c1cc(Nc2nccc(-c3cn(C(C)C)c4cnccc34)n2)cc(C(=O)NC)c1. The van der Waals surface area contributed by atoms with Gasteiger partial charge in [0.25, 0.3) is 11.8 Å². The predicted octanol–water partition coefficient (Wildman–Crippen LogP) is 3.54. The second kappa shape index (κ2) is 9.07. The Labute approximate surface area is 191 Å². The molecule has 4 aromatic rings. The molecule has 0 saturated heterocycles. The third-order valence-electron chi connectivity index (χ3n) is 5.29. The van der Waals surface area contributed by atoms with E-state index in [1.54, 1.807) is 24.5 Å². The third kappa shape index (κ3) is 4.38. The highest BCUT2D eigenvalue weighted by molar-refractivity contribution is 6.01. The molecule has 9 nitrogen and oxygen atoms in total. The number of pyridine rings is 1. The highest BCUT2D eigenvalue weighted by atomic mass is 16.2. The van der Waals surface area contributed by atoms with Gasteiger partial charge in [0.1, 0.15) is 0 Å². The Hall–Kier alpha value is -4.27. The van der Waals surface area contributed by atoms with Gasteiger partial charge in [-0.1, -0.05) is 0 Å². The van der Waals surface area contributed by atoms with Crippen LogP contribution in [-0.4, -0.2) is 45.4 Å². The summed E-state index contributed by atoms with van der Waals surface area (Å²) in [5.74, 6) is -0.244. The fourth-order valence-corrected chi connectivity index (χ4v) is 3.68. The smallest absolute Gasteiger partial charge is 0.251 e. The van der Waals surface area contributed by atoms with Crippen LogP contribution in [0.15, 0.2) is 55.1 Å². The molecule has 3 N–H and O–H groups in total. The van der Waals surface area contributed by atoms with E-state index in [0.717, 1.165) is 22.2 Å². The van der Waals surface area contributed by atoms with Gasteiger partial charge in [-0.05, 0) is 44.2 Å². The first-order chi connectivity index (χ1) is 15.9. The molecule has 4 rings (SSSR count). The molecule has 0 atom stereocenters. The van der Waals surface area contributed by atoms with E-state index in [9.17, 15) is 9.59 Å². The van der Waals surface area contributed by atoms with Crippen LogP contribution in [0.25, 0.3) is 22.2 Å². The number of hydrogen-bond donors (Lipinski definition) is 3. The van der Waals surface area contributed by atoms with Crippen molar-refractivity contribution in [2.24, 2.45) is 0 Å². The van der Waals surface area contributed by atoms with Gasteiger partial charge in [-0.3, -0.25) is 14.6 Å². The second-order valence-electron chi connectivity index (χ2n) is 7.78. The fraction of sp³-hybridized carbons (Fsp3) is 0.208. The van der Waals surface area contributed by atoms with Gasteiger partial charge >= 0.3 is 0 Å². The highest BCUT2D eigenvalue weighted by Crippen LogP contribution is 2.31. The van der Waals surface area contributed by atoms with Gasteiger partial charge in [-0.15, -0.1) is 0 Å². The molecule has 9 heteroatoms. The second-order valence-corrected chi connectivity index (χ2v) is 7.78. The summed E-state index contributed by atoms with van der Waals surface area (Å²) in [5, 5.41) is 9.33. The Bertz CT molecular complexity index is 1310. The lowest BCUT2D eigenvalue weighted by atomic mass is 10.1. The summed E-state index contributed by atoms with van der Waals surface area (Å²) in [6.07, 6.45) is 7.36. The summed E-state index contributed by atoms with van der Waals surface area (Å²) in [4.78, 5) is 37.7. The van der Waals surface area contributed by atoms with Gasteiger partial charge in [0.05, 0.1) is 17.4 Å². The lowest BCUT2D eigenvalue weighted by Gasteiger charge is -2.10. The average molecular weight is 444 g/mol. The molecule has 33 heavy (non-hydrogen) atoms. The summed E-state index contributed by atoms with van der Waals surface area (Å²) in [6, 6.07) is 8.92. The number of rotatable bonds is 6. The van der Waals surface area contributed by atoms with Crippen LogP contribution >= 0.6 is 0 Å². The molecule has 0 unspecified atom stereocenters. The Balaban J connectivity index is 1.74. The first-order valence-corrected chi connectivity index (χ1v) is 10.6. The van der Waals surface area contributed by atoms with Gasteiger partial charge in [-0.2, -0.15) is 0 Å². The van der Waals surface area contributed by atoms with Crippen LogP contribution in [0.4, 0.5) is 11.6 Å². The quantitative estimate of drug-likeness (QED) is 0.420. The van der Waals surface area contributed by atoms with Gasteiger partial charge in [0, 0.05) is 66.5 Å². The Kier molecular flexibility index (Phi) is 6.03. The van der Waals surface area contributed by atoms with Crippen LogP contribution in [0.2, 0.25) is 0 Å². The van der Waals surface area contributed by atoms with Crippen molar-refractivity contribution in [3.63, 3.8) is 0 Å². The van der Waals surface area contributed by atoms with Crippen molar-refractivity contribution in [2.45, 2.75) is 19.9 Å². The molecule has 2 amide bonds. The van der Waals surface area contributed by atoms with Crippen molar-refractivity contribution >= 4 is 34.4 Å². The molecule has 0 aliphatic heterocycles. The normalized spacial score (nSPS) is 10.9. The number of nitrogens with one attached hydrogen (secondary N) is 3. The molecule has 0 saturated carbocycles. The summed E-state index contributed by atoms with van der Waals surface area (Å²) in [6.45, 7) is 4.24. The van der Waals surface area contributed by atoms with Crippen LogP contribution in [-0.2, 0) is 0 Å². The molecule has 0 spiro atoms. The van der Waals surface area contributed by atoms with Crippen molar-refractivity contribution in [3.8, 4) is 11.3 Å². The molecule has 3 heterocycles. The number of carbonyl (C=O) groups excluding carboxylic acids is 2. The van der Waals surface area contributed by atoms with Crippen molar-refractivity contribution in [2.75, 3.05) is 19.4 Å². The number of fused-ring (bicyclic) bond motifs is 1. The molecule has 1 aromatic carbocycles. The van der Waals surface area contributed by atoms with Crippen molar-refractivity contribution in [3.05, 3.63) is 66.2 Å². The van der Waals surface area contributed by atoms with Gasteiger partial charge in [0.2, 0.25) is 5.95 Å². The number of aromatic nitrogens is 4. The standard InChI is InChI=1S/C24H25N7O2/c1-14(2)31-13-19(18-5-7-27-12-21(18)31)20-6-8-28-24(30-20)29-17-10-15(22(32)25-3)9-16(11-17)23(33)26-4/h5-14H,1-4H3,(H,25,32)(H,26,33)(H,28,29,30). The summed E-state index contributed by atoms with van der Waals surface area (Å²) >= 11 is 0. The first kappa shape index (κ1) is 21.9.